The first-order chi connectivity index (χ1) is 18.0. The fourth-order valence-corrected chi connectivity index (χ4v) is 5.29. The fraction of sp³-hybridized carbons (Fsp3) is 0.333. The van der Waals surface area contributed by atoms with Crippen LogP contribution < -0.4 is 10.1 Å². The predicted molar refractivity (Wildman–Crippen MR) is 139 cm³/mol. The van der Waals surface area contributed by atoms with Crippen LogP contribution in [0, 0.1) is 5.92 Å². The van der Waals surface area contributed by atoms with Crippen molar-refractivity contribution in [2.75, 3.05) is 19.6 Å². The molecule has 7 nitrogen and oxygen atoms in total. The fourth-order valence-electron chi connectivity index (χ4n) is 5.29. The largest absolute Gasteiger partial charge is 0.489 e. The normalized spacial score (nSPS) is 21.1. The van der Waals surface area contributed by atoms with Gasteiger partial charge in [0.15, 0.2) is 0 Å². The van der Waals surface area contributed by atoms with E-state index in [1.165, 1.54) is 0 Å². The molecule has 3 aliphatic rings. The number of alkyl carbamates (subject to hydrolysis) is 1. The molecule has 3 aliphatic heterocycles. The van der Waals surface area contributed by atoms with Gasteiger partial charge in [-0.15, -0.1) is 0 Å². The van der Waals surface area contributed by atoms with Gasteiger partial charge in [-0.3, -0.25) is 9.69 Å². The topological polar surface area (TPSA) is 88.1 Å². The molecule has 3 fully saturated rings. The van der Waals surface area contributed by atoms with E-state index >= 15 is 0 Å². The summed E-state index contributed by atoms with van der Waals surface area (Å²) in [7, 11) is 0. The lowest BCUT2D eigenvalue weighted by Gasteiger charge is -2.43. The zero-order valence-corrected chi connectivity index (χ0v) is 20.7. The number of rotatable bonds is 9. The summed E-state index contributed by atoms with van der Waals surface area (Å²) in [4.78, 5) is 26.4. The minimum absolute atomic E-state index is 0.0243. The molecular formula is C30H32N2O5. The minimum atomic E-state index is -0.864. The Morgan fingerprint density at radius 3 is 2.38 bits per heavy atom. The average Bonchev–Trinajstić information content (AvgIpc) is 2.92. The molecule has 3 heterocycles. The molecule has 37 heavy (non-hydrogen) atoms. The number of carboxylic acids is 1. The maximum atomic E-state index is 13.0. The van der Waals surface area contributed by atoms with Gasteiger partial charge in [-0.1, -0.05) is 66.7 Å². The van der Waals surface area contributed by atoms with Crippen molar-refractivity contribution in [2.45, 2.75) is 38.0 Å². The molecule has 2 N–H and O–H groups in total. The standard InChI is InChI=1S/C30H32N2O5/c33-28(34)17-21-6-4-7-22(16-21)20-36-26-11-5-10-25(18-26)29(24-8-2-1-3-9-24)31-30(35)37-27-19-32-14-12-23(27)13-15-32/h1-11,16,18,23,27,29H,12-15,17,19-20H2,(H,31,35)(H,33,34)/t27-,29-/m0/s1. The molecule has 2 bridgehead atoms. The second-order valence-electron chi connectivity index (χ2n) is 9.82. The van der Waals surface area contributed by atoms with E-state index in [2.05, 4.69) is 10.2 Å². The van der Waals surface area contributed by atoms with Crippen molar-refractivity contribution in [3.63, 3.8) is 0 Å². The zero-order chi connectivity index (χ0) is 25.6. The van der Waals surface area contributed by atoms with Gasteiger partial charge in [0.2, 0.25) is 0 Å². The highest BCUT2D eigenvalue weighted by atomic mass is 16.6. The van der Waals surface area contributed by atoms with E-state index in [4.69, 9.17) is 14.6 Å². The van der Waals surface area contributed by atoms with Gasteiger partial charge in [-0.25, -0.2) is 4.79 Å². The van der Waals surface area contributed by atoms with E-state index in [1.807, 2.05) is 72.8 Å². The van der Waals surface area contributed by atoms with Crippen LogP contribution >= 0.6 is 0 Å². The number of carboxylic acid groups (broad SMARTS) is 1. The number of benzene rings is 3. The van der Waals surface area contributed by atoms with Crippen molar-refractivity contribution in [3.8, 4) is 5.75 Å². The Morgan fingerprint density at radius 2 is 1.65 bits per heavy atom. The summed E-state index contributed by atoms with van der Waals surface area (Å²) in [5, 5.41) is 12.1. The monoisotopic (exact) mass is 500 g/mol. The maximum Gasteiger partial charge on any atom is 0.408 e. The number of aliphatic carboxylic acids is 1. The van der Waals surface area contributed by atoms with Crippen LogP contribution in [0.5, 0.6) is 5.75 Å². The molecule has 2 atom stereocenters. The molecule has 0 aromatic heterocycles. The number of hydrogen-bond acceptors (Lipinski definition) is 5. The van der Waals surface area contributed by atoms with Crippen molar-refractivity contribution in [1.29, 1.82) is 0 Å². The molecule has 6 rings (SSSR count). The summed E-state index contributed by atoms with van der Waals surface area (Å²) < 4.78 is 11.9. The van der Waals surface area contributed by atoms with Gasteiger partial charge in [-0.2, -0.15) is 0 Å². The highest BCUT2D eigenvalue weighted by molar-refractivity contribution is 5.70. The summed E-state index contributed by atoms with van der Waals surface area (Å²) in [6.07, 6.45) is 1.67. The first kappa shape index (κ1) is 24.8. The Labute approximate surface area is 217 Å². The molecule has 3 aromatic rings. The van der Waals surface area contributed by atoms with Gasteiger partial charge >= 0.3 is 12.1 Å². The van der Waals surface area contributed by atoms with Crippen LogP contribution in [0.25, 0.3) is 0 Å². The van der Waals surface area contributed by atoms with Gasteiger partial charge in [0.25, 0.3) is 0 Å². The molecule has 7 heteroatoms. The molecule has 0 spiro atoms. The third-order valence-corrected chi connectivity index (χ3v) is 7.19. The summed E-state index contributed by atoms with van der Waals surface area (Å²) in [5.74, 6) is 0.239. The van der Waals surface area contributed by atoms with Crippen molar-refractivity contribution in [3.05, 3.63) is 101 Å². The van der Waals surface area contributed by atoms with Crippen molar-refractivity contribution in [1.82, 2.24) is 10.2 Å². The Balaban J connectivity index is 1.29. The second kappa shape index (κ2) is 11.5. The number of ether oxygens (including phenoxy) is 2. The van der Waals surface area contributed by atoms with Gasteiger partial charge < -0.3 is 19.9 Å². The number of fused-ring (bicyclic) bond motifs is 3. The summed E-state index contributed by atoms with van der Waals surface area (Å²) in [5.41, 5.74) is 3.46. The molecule has 0 aliphatic carbocycles. The Hall–Kier alpha value is -3.84. The van der Waals surface area contributed by atoms with Gasteiger partial charge in [0.05, 0.1) is 12.5 Å². The number of hydrogen-bond donors (Lipinski definition) is 2. The lowest BCUT2D eigenvalue weighted by atomic mass is 9.86. The van der Waals surface area contributed by atoms with Crippen LogP contribution in [-0.2, 0) is 22.6 Å². The molecule has 3 aromatic carbocycles. The van der Waals surface area contributed by atoms with Crippen LogP contribution in [0.2, 0.25) is 0 Å². The number of amides is 1. The number of carbonyl (C=O) groups is 2. The smallest absolute Gasteiger partial charge is 0.408 e. The zero-order valence-electron chi connectivity index (χ0n) is 20.7. The van der Waals surface area contributed by atoms with E-state index in [0.717, 1.165) is 54.7 Å². The van der Waals surface area contributed by atoms with E-state index in [-0.39, 0.29) is 12.5 Å². The van der Waals surface area contributed by atoms with E-state index in [0.29, 0.717) is 18.3 Å². The van der Waals surface area contributed by atoms with Crippen molar-refractivity contribution >= 4 is 12.1 Å². The van der Waals surface area contributed by atoms with E-state index in [1.54, 1.807) is 6.07 Å². The van der Waals surface area contributed by atoms with Crippen molar-refractivity contribution in [2.24, 2.45) is 5.92 Å². The van der Waals surface area contributed by atoms with E-state index < -0.39 is 18.1 Å². The SMILES string of the molecule is O=C(O)Cc1cccc(COc2cccc([C@@H](NC(=O)O[C@H]3CN4CCC3CC4)c3ccccc3)c2)c1. The average molecular weight is 501 g/mol. The minimum Gasteiger partial charge on any atom is -0.489 e. The third kappa shape index (κ3) is 6.49. The number of nitrogens with one attached hydrogen (secondary N) is 1. The molecule has 0 saturated carbocycles. The van der Waals surface area contributed by atoms with Crippen LogP contribution in [-0.4, -0.2) is 47.8 Å². The van der Waals surface area contributed by atoms with Gasteiger partial charge in [0.1, 0.15) is 18.5 Å². The third-order valence-electron chi connectivity index (χ3n) is 7.19. The highest BCUT2D eigenvalue weighted by Crippen LogP contribution is 2.30. The Kier molecular flexibility index (Phi) is 7.70. The molecule has 0 radical (unpaired) electrons. The molecular weight excluding hydrogens is 468 g/mol. The number of nitrogens with zero attached hydrogens (tertiary/aromatic N) is 1. The Bertz CT molecular complexity index is 1220. The lowest BCUT2D eigenvalue weighted by Crippen LogP contribution is -2.52. The summed E-state index contributed by atoms with van der Waals surface area (Å²) in [6.45, 7) is 3.30. The molecule has 192 valence electrons. The molecule has 0 unspecified atom stereocenters. The first-order valence-corrected chi connectivity index (χ1v) is 12.8. The van der Waals surface area contributed by atoms with Crippen molar-refractivity contribution < 1.29 is 24.2 Å². The van der Waals surface area contributed by atoms with Crippen LogP contribution in [0.4, 0.5) is 4.79 Å². The van der Waals surface area contributed by atoms with Crippen LogP contribution in [0.15, 0.2) is 78.9 Å². The molecule has 1 amide bonds. The predicted octanol–water partition coefficient (Wildman–Crippen LogP) is 4.80. The first-order valence-electron chi connectivity index (χ1n) is 12.8. The quantitative estimate of drug-likeness (QED) is 0.439. The maximum absolute atomic E-state index is 13.0. The summed E-state index contributed by atoms with van der Waals surface area (Å²) in [6, 6.07) is 24.5. The van der Waals surface area contributed by atoms with Gasteiger partial charge in [-0.05, 0) is 66.2 Å². The highest BCUT2D eigenvalue weighted by Gasteiger charge is 2.36. The Morgan fingerprint density at radius 1 is 0.919 bits per heavy atom. The number of piperidine rings is 3. The van der Waals surface area contributed by atoms with E-state index in [9.17, 15) is 9.59 Å². The molecule has 3 saturated heterocycles. The van der Waals surface area contributed by atoms with Crippen LogP contribution in [0.1, 0.15) is 41.1 Å². The lowest BCUT2D eigenvalue weighted by molar-refractivity contribution is -0.136. The van der Waals surface area contributed by atoms with Crippen LogP contribution in [0.3, 0.4) is 0 Å². The number of carbonyl (C=O) groups excluding carboxylic acids is 1. The van der Waals surface area contributed by atoms with Gasteiger partial charge in [0, 0.05) is 6.54 Å². The summed E-state index contributed by atoms with van der Waals surface area (Å²) >= 11 is 0. The second-order valence-corrected chi connectivity index (χ2v) is 9.82.